The molecule has 0 bridgehead atoms. The van der Waals surface area contributed by atoms with Crippen molar-refractivity contribution < 1.29 is 9.21 Å². The topological polar surface area (TPSA) is 46.3 Å². The van der Waals surface area contributed by atoms with Gasteiger partial charge in [0.25, 0.3) is 0 Å². The van der Waals surface area contributed by atoms with Crippen LogP contribution in [0.1, 0.15) is 29.9 Å². The SMILES string of the molecule is Cc1oc(-c2cccs2)nc1CC(=O)N1CCC[C@@H]1Cc1ccccc1Cl. The molecule has 1 amide bonds. The Kier molecular flexibility index (Phi) is 5.32. The molecule has 0 aliphatic carbocycles. The van der Waals surface area contributed by atoms with Gasteiger partial charge in [0.05, 0.1) is 17.0 Å². The molecule has 4 rings (SSSR count). The summed E-state index contributed by atoms with van der Waals surface area (Å²) in [4.78, 5) is 20.5. The van der Waals surface area contributed by atoms with Gasteiger partial charge >= 0.3 is 0 Å². The van der Waals surface area contributed by atoms with Crippen LogP contribution in [-0.2, 0) is 17.6 Å². The summed E-state index contributed by atoms with van der Waals surface area (Å²) in [6.45, 7) is 2.67. The maximum Gasteiger partial charge on any atom is 0.236 e. The number of aromatic nitrogens is 1. The Hall–Kier alpha value is -2.11. The Bertz CT molecular complexity index is 936. The van der Waals surface area contributed by atoms with E-state index in [1.54, 1.807) is 11.3 Å². The number of likely N-dealkylation sites (tertiary alicyclic amines) is 1. The van der Waals surface area contributed by atoms with E-state index >= 15 is 0 Å². The summed E-state index contributed by atoms with van der Waals surface area (Å²) in [5.74, 6) is 1.42. The first-order valence-electron chi connectivity index (χ1n) is 9.15. The molecule has 27 heavy (non-hydrogen) atoms. The highest BCUT2D eigenvalue weighted by atomic mass is 35.5. The van der Waals surface area contributed by atoms with Crippen molar-refractivity contribution >= 4 is 28.8 Å². The number of nitrogens with zero attached hydrogens (tertiary/aromatic N) is 2. The number of aryl methyl sites for hydroxylation is 1. The summed E-state index contributed by atoms with van der Waals surface area (Å²) in [5, 5.41) is 2.76. The number of hydrogen-bond acceptors (Lipinski definition) is 4. The molecular weight excluding hydrogens is 380 g/mol. The summed E-state index contributed by atoms with van der Waals surface area (Å²) >= 11 is 7.89. The van der Waals surface area contributed by atoms with Crippen LogP contribution in [0.25, 0.3) is 10.8 Å². The standard InChI is InChI=1S/C21H21ClN2O2S/c1-14-18(23-21(26-14)19-9-5-11-27-19)13-20(25)24-10-4-7-16(24)12-15-6-2-3-8-17(15)22/h2-3,5-6,8-9,11,16H,4,7,10,12-13H2,1H3/t16-/m1/s1. The monoisotopic (exact) mass is 400 g/mol. The fraction of sp³-hybridized carbons (Fsp3) is 0.333. The molecule has 1 fully saturated rings. The fourth-order valence-corrected chi connectivity index (χ4v) is 4.50. The van der Waals surface area contributed by atoms with E-state index in [0.717, 1.165) is 47.0 Å². The molecule has 1 aliphatic rings. The average molecular weight is 401 g/mol. The lowest BCUT2D eigenvalue weighted by molar-refractivity contribution is -0.131. The Labute approximate surface area is 167 Å². The normalized spacial score (nSPS) is 16.8. The molecule has 3 aromatic rings. The van der Waals surface area contributed by atoms with E-state index in [4.69, 9.17) is 16.0 Å². The van der Waals surface area contributed by atoms with Crippen molar-refractivity contribution in [1.82, 2.24) is 9.88 Å². The minimum absolute atomic E-state index is 0.110. The van der Waals surface area contributed by atoms with Gasteiger partial charge in [0.2, 0.25) is 11.8 Å². The zero-order chi connectivity index (χ0) is 18.8. The predicted octanol–water partition coefficient (Wildman–Crippen LogP) is 5.14. The molecular formula is C21H21ClN2O2S. The molecule has 1 atom stereocenters. The smallest absolute Gasteiger partial charge is 0.236 e. The second-order valence-electron chi connectivity index (χ2n) is 6.85. The summed E-state index contributed by atoms with van der Waals surface area (Å²) in [6, 6.07) is 12.0. The average Bonchev–Trinajstić information content (AvgIpc) is 3.39. The Balaban J connectivity index is 1.47. The van der Waals surface area contributed by atoms with E-state index in [2.05, 4.69) is 4.98 Å². The number of thiophene rings is 1. The predicted molar refractivity (Wildman–Crippen MR) is 108 cm³/mol. The number of rotatable bonds is 5. The van der Waals surface area contributed by atoms with Crippen LogP contribution < -0.4 is 0 Å². The number of hydrogen-bond donors (Lipinski definition) is 0. The van der Waals surface area contributed by atoms with Crippen LogP contribution in [0.4, 0.5) is 0 Å². The van der Waals surface area contributed by atoms with Crippen LogP contribution in [0.5, 0.6) is 0 Å². The molecule has 0 N–H and O–H groups in total. The maximum atomic E-state index is 13.0. The van der Waals surface area contributed by atoms with Crippen LogP contribution in [0.3, 0.4) is 0 Å². The third kappa shape index (κ3) is 3.94. The van der Waals surface area contributed by atoms with Crippen molar-refractivity contribution in [2.75, 3.05) is 6.54 Å². The van der Waals surface area contributed by atoms with Gasteiger partial charge in [-0.3, -0.25) is 4.79 Å². The van der Waals surface area contributed by atoms with Gasteiger partial charge in [-0.2, -0.15) is 0 Å². The molecule has 140 valence electrons. The van der Waals surface area contributed by atoms with Crippen molar-refractivity contribution in [3.8, 4) is 10.8 Å². The molecule has 1 saturated heterocycles. The van der Waals surface area contributed by atoms with E-state index in [1.165, 1.54) is 0 Å². The van der Waals surface area contributed by atoms with Crippen molar-refractivity contribution in [1.29, 1.82) is 0 Å². The number of amides is 1. The van der Waals surface area contributed by atoms with E-state index in [0.29, 0.717) is 11.7 Å². The van der Waals surface area contributed by atoms with E-state index < -0.39 is 0 Å². The van der Waals surface area contributed by atoms with Crippen LogP contribution in [0, 0.1) is 6.92 Å². The lowest BCUT2D eigenvalue weighted by Crippen LogP contribution is -2.38. The molecule has 0 radical (unpaired) electrons. The van der Waals surface area contributed by atoms with Gasteiger partial charge in [-0.05, 0) is 49.3 Å². The van der Waals surface area contributed by atoms with Crippen molar-refractivity contribution in [3.63, 3.8) is 0 Å². The molecule has 6 heteroatoms. The van der Waals surface area contributed by atoms with E-state index in [9.17, 15) is 4.79 Å². The quantitative estimate of drug-likeness (QED) is 0.595. The second kappa shape index (κ2) is 7.87. The lowest BCUT2D eigenvalue weighted by Gasteiger charge is -2.25. The number of carbonyl (C=O) groups excluding carboxylic acids is 1. The highest BCUT2D eigenvalue weighted by Gasteiger charge is 2.30. The maximum absolute atomic E-state index is 13.0. The highest BCUT2D eigenvalue weighted by Crippen LogP contribution is 2.28. The van der Waals surface area contributed by atoms with Crippen LogP contribution >= 0.6 is 22.9 Å². The van der Waals surface area contributed by atoms with Crippen LogP contribution in [0.2, 0.25) is 5.02 Å². The first-order chi connectivity index (χ1) is 13.1. The number of oxazole rings is 1. The van der Waals surface area contributed by atoms with E-state index in [-0.39, 0.29) is 18.4 Å². The minimum atomic E-state index is 0.110. The largest absolute Gasteiger partial charge is 0.440 e. The van der Waals surface area contributed by atoms with Gasteiger partial charge in [0.1, 0.15) is 5.76 Å². The fourth-order valence-electron chi connectivity index (χ4n) is 3.64. The minimum Gasteiger partial charge on any atom is -0.440 e. The van der Waals surface area contributed by atoms with Gasteiger partial charge < -0.3 is 9.32 Å². The van der Waals surface area contributed by atoms with Gasteiger partial charge in [0.15, 0.2) is 0 Å². The van der Waals surface area contributed by atoms with Gasteiger partial charge in [-0.25, -0.2) is 4.98 Å². The van der Waals surface area contributed by atoms with E-state index in [1.807, 2.05) is 53.6 Å². The molecule has 0 saturated carbocycles. The zero-order valence-electron chi connectivity index (χ0n) is 15.2. The summed E-state index contributed by atoms with van der Waals surface area (Å²) in [5.41, 5.74) is 1.83. The molecule has 0 unspecified atom stereocenters. The molecule has 4 nitrogen and oxygen atoms in total. The van der Waals surface area contributed by atoms with Crippen molar-refractivity contribution in [2.24, 2.45) is 0 Å². The van der Waals surface area contributed by atoms with Gasteiger partial charge in [-0.1, -0.05) is 35.9 Å². The molecule has 2 aromatic heterocycles. The van der Waals surface area contributed by atoms with Crippen LogP contribution in [0.15, 0.2) is 46.2 Å². The second-order valence-corrected chi connectivity index (χ2v) is 8.21. The Morgan fingerprint density at radius 3 is 2.96 bits per heavy atom. The first kappa shape index (κ1) is 18.3. The number of carbonyl (C=O) groups is 1. The third-order valence-corrected chi connectivity index (χ3v) is 6.28. The zero-order valence-corrected chi connectivity index (χ0v) is 16.7. The van der Waals surface area contributed by atoms with Crippen molar-refractivity contribution in [2.45, 2.75) is 38.6 Å². The van der Waals surface area contributed by atoms with Gasteiger partial charge in [0, 0.05) is 17.6 Å². The lowest BCUT2D eigenvalue weighted by atomic mass is 10.0. The number of halogens is 1. The summed E-state index contributed by atoms with van der Waals surface area (Å²) in [7, 11) is 0. The molecule has 0 spiro atoms. The Morgan fingerprint density at radius 2 is 2.19 bits per heavy atom. The molecule has 1 aliphatic heterocycles. The number of benzene rings is 1. The highest BCUT2D eigenvalue weighted by molar-refractivity contribution is 7.13. The third-order valence-electron chi connectivity index (χ3n) is 5.05. The van der Waals surface area contributed by atoms with Crippen molar-refractivity contribution in [3.05, 3.63) is 63.8 Å². The van der Waals surface area contributed by atoms with Crippen LogP contribution in [-0.4, -0.2) is 28.4 Å². The molecule has 3 heterocycles. The summed E-state index contributed by atoms with van der Waals surface area (Å²) < 4.78 is 5.77. The first-order valence-corrected chi connectivity index (χ1v) is 10.4. The Morgan fingerprint density at radius 1 is 1.33 bits per heavy atom. The summed E-state index contributed by atoms with van der Waals surface area (Å²) in [6.07, 6.45) is 3.11. The van der Waals surface area contributed by atoms with Gasteiger partial charge in [-0.15, -0.1) is 11.3 Å². The molecule has 1 aromatic carbocycles.